The fourth-order valence-electron chi connectivity index (χ4n) is 0.993. The highest BCUT2D eigenvalue weighted by molar-refractivity contribution is 8.14. The lowest BCUT2D eigenvalue weighted by Gasteiger charge is -2.17. The second-order valence-corrected chi connectivity index (χ2v) is 4.34. The van der Waals surface area contributed by atoms with Gasteiger partial charge in [-0.25, -0.2) is 0 Å². The molecule has 70 valence electrons. The van der Waals surface area contributed by atoms with Crippen LogP contribution in [-0.4, -0.2) is 16.1 Å². The van der Waals surface area contributed by atoms with E-state index in [1.54, 1.807) is 6.92 Å². The summed E-state index contributed by atoms with van der Waals surface area (Å²) in [5.74, 6) is 0.390. The van der Waals surface area contributed by atoms with Gasteiger partial charge in [-0.1, -0.05) is 32.0 Å². The number of ketones is 1. The van der Waals surface area contributed by atoms with Crippen LogP contribution in [0, 0.1) is 5.92 Å². The van der Waals surface area contributed by atoms with Crippen molar-refractivity contribution >= 4 is 22.7 Å². The van der Waals surface area contributed by atoms with Gasteiger partial charge < -0.3 is 0 Å². The van der Waals surface area contributed by atoms with Crippen LogP contribution in [0.4, 0.5) is 0 Å². The molecule has 0 N–H and O–H groups in total. The minimum absolute atomic E-state index is 0.0236. The van der Waals surface area contributed by atoms with E-state index in [4.69, 9.17) is 0 Å². The summed E-state index contributed by atoms with van der Waals surface area (Å²) in [6.45, 7) is 7.08. The van der Waals surface area contributed by atoms with Crippen LogP contribution in [0.15, 0.2) is 0 Å². The summed E-state index contributed by atoms with van der Waals surface area (Å²) in [5, 5.41) is -0.122. The summed E-state index contributed by atoms with van der Waals surface area (Å²) in [5.41, 5.74) is 0. The topological polar surface area (TPSA) is 34.1 Å². The van der Waals surface area contributed by atoms with E-state index in [2.05, 4.69) is 0 Å². The molecule has 0 spiro atoms. The van der Waals surface area contributed by atoms with Gasteiger partial charge in [-0.3, -0.25) is 9.59 Å². The van der Waals surface area contributed by atoms with Crippen molar-refractivity contribution in [2.24, 2.45) is 5.92 Å². The Kier molecular flexibility index (Phi) is 5.22. The molecule has 0 radical (unpaired) electrons. The van der Waals surface area contributed by atoms with Gasteiger partial charge in [-0.2, -0.15) is 0 Å². The van der Waals surface area contributed by atoms with Crippen LogP contribution in [0.1, 0.15) is 34.1 Å². The number of thioether (sulfide) groups is 1. The maximum absolute atomic E-state index is 11.1. The highest BCUT2D eigenvalue weighted by Gasteiger charge is 2.22. The Morgan fingerprint density at radius 2 is 1.83 bits per heavy atom. The van der Waals surface area contributed by atoms with E-state index in [0.717, 1.165) is 18.2 Å². The molecule has 0 saturated heterocycles. The summed E-state index contributed by atoms with van der Waals surface area (Å²) in [7, 11) is 0. The largest absolute Gasteiger partial charge is 0.299 e. The summed E-state index contributed by atoms with van der Waals surface area (Å²) in [6.07, 6.45) is 0.935. The van der Waals surface area contributed by atoms with Gasteiger partial charge in [-0.15, -0.1) is 0 Å². The zero-order chi connectivity index (χ0) is 9.72. The monoisotopic (exact) mass is 188 g/mol. The molecular weight excluding hydrogens is 172 g/mol. The Hall–Kier alpha value is -0.310. The zero-order valence-corrected chi connectivity index (χ0v) is 8.90. The number of hydrogen-bond acceptors (Lipinski definition) is 3. The van der Waals surface area contributed by atoms with Gasteiger partial charge in [0.05, 0.1) is 5.25 Å². The summed E-state index contributed by atoms with van der Waals surface area (Å²) >= 11 is 1.15. The van der Waals surface area contributed by atoms with Gasteiger partial charge in [-0.05, 0) is 12.8 Å². The van der Waals surface area contributed by atoms with Crippen LogP contribution >= 0.6 is 11.8 Å². The third kappa shape index (κ3) is 3.90. The fraction of sp³-hybridized carbons (Fsp3) is 0.778. The van der Waals surface area contributed by atoms with Gasteiger partial charge in [0.15, 0.2) is 5.12 Å². The molecule has 0 rings (SSSR count). The summed E-state index contributed by atoms with van der Waals surface area (Å²) in [4.78, 5) is 21.9. The molecule has 1 unspecified atom stereocenters. The lowest BCUT2D eigenvalue weighted by atomic mass is 10.0. The van der Waals surface area contributed by atoms with E-state index in [9.17, 15) is 9.59 Å². The zero-order valence-electron chi connectivity index (χ0n) is 8.09. The van der Waals surface area contributed by atoms with Crippen molar-refractivity contribution in [2.45, 2.75) is 39.4 Å². The van der Waals surface area contributed by atoms with Crippen LogP contribution in [0.3, 0.4) is 0 Å². The number of carbonyl (C=O) groups is 2. The Morgan fingerprint density at radius 3 is 2.08 bits per heavy atom. The maximum Gasteiger partial charge on any atom is 0.186 e. The Morgan fingerprint density at radius 1 is 1.33 bits per heavy atom. The number of Topliss-reactive ketones (excluding diaryl/α,β-unsaturated/α-hetero) is 1. The molecule has 0 aromatic carbocycles. The van der Waals surface area contributed by atoms with E-state index in [0.29, 0.717) is 0 Å². The highest BCUT2D eigenvalue weighted by Crippen LogP contribution is 2.23. The summed E-state index contributed by atoms with van der Waals surface area (Å²) in [6, 6.07) is 0. The first-order chi connectivity index (χ1) is 5.49. The van der Waals surface area contributed by atoms with Crippen molar-refractivity contribution in [1.29, 1.82) is 0 Å². The Balaban J connectivity index is 4.22. The van der Waals surface area contributed by atoms with E-state index < -0.39 is 0 Å². The quantitative estimate of drug-likeness (QED) is 0.678. The third-order valence-corrected chi connectivity index (χ3v) is 3.24. The van der Waals surface area contributed by atoms with Crippen molar-refractivity contribution in [1.82, 2.24) is 0 Å². The molecule has 12 heavy (non-hydrogen) atoms. The number of rotatable bonds is 4. The molecule has 0 fully saturated rings. The minimum Gasteiger partial charge on any atom is -0.299 e. The molecule has 0 aliphatic carbocycles. The van der Waals surface area contributed by atoms with Crippen LogP contribution in [0.5, 0.6) is 0 Å². The SMILES string of the molecule is CC[C@H](C)C(SC(C)=O)C(C)=O. The van der Waals surface area contributed by atoms with E-state index in [-0.39, 0.29) is 22.1 Å². The predicted octanol–water partition coefficient (Wildman–Crippen LogP) is 2.27. The van der Waals surface area contributed by atoms with Crippen LogP contribution < -0.4 is 0 Å². The average Bonchev–Trinajstić information content (AvgIpc) is 1.98. The lowest BCUT2D eigenvalue weighted by molar-refractivity contribution is -0.117. The molecule has 0 amide bonds. The first kappa shape index (κ1) is 11.7. The standard InChI is InChI=1S/C9H16O2S/c1-5-6(2)9(7(3)10)12-8(4)11/h6,9H,5H2,1-4H3/t6-,9?/m0/s1. The normalized spacial score (nSPS) is 15.3. The van der Waals surface area contributed by atoms with Crippen molar-refractivity contribution in [2.75, 3.05) is 0 Å². The fourth-order valence-corrected chi connectivity index (χ4v) is 1.94. The van der Waals surface area contributed by atoms with Gasteiger partial charge in [0, 0.05) is 6.92 Å². The Labute approximate surface area is 78.1 Å². The molecular formula is C9H16O2S. The first-order valence-corrected chi connectivity index (χ1v) is 5.04. The molecule has 2 nitrogen and oxygen atoms in total. The van der Waals surface area contributed by atoms with Crippen molar-refractivity contribution in [3.63, 3.8) is 0 Å². The summed E-state index contributed by atoms with van der Waals surface area (Å²) < 4.78 is 0. The second kappa shape index (κ2) is 5.36. The van der Waals surface area contributed by atoms with Crippen LogP contribution in [0.2, 0.25) is 0 Å². The number of carbonyl (C=O) groups excluding carboxylic acids is 2. The molecule has 0 aromatic rings. The molecule has 0 bridgehead atoms. The molecule has 0 aliphatic heterocycles. The molecule has 0 heterocycles. The Bertz CT molecular complexity index is 177. The second-order valence-electron chi connectivity index (χ2n) is 3.03. The lowest BCUT2D eigenvalue weighted by Crippen LogP contribution is -2.23. The number of hydrogen-bond donors (Lipinski definition) is 0. The predicted molar refractivity (Wildman–Crippen MR) is 52.2 cm³/mol. The molecule has 0 saturated carbocycles. The van der Waals surface area contributed by atoms with Crippen molar-refractivity contribution < 1.29 is 9.59 Å². The van der Waals surface area contributed by atoms with Crippen LogP contribution in [-0.2, 0) is 9.59 Å². The molecule has 0 aromatic heterocycles. The molecule has 3 heteroatoms. The van der Waals surface area contributed by atoms with E-state index in [1.807, 2.05) is 13.8 Å². The van der Waals surface area contributed by atoms with Gasteiger partial charge >= 0.3 is 0 Å². The molecule has 2 atom stereocenters. The van der Waals surface area contributed by atoms with E-state index >= 15 is 0 Å². The van der Waals surface area contributed by atoms with Gasteiger partial charge in [0.25, 0.3) is 0 Å². The van der Waals surface area contributed by atoms with Crippen LogP contribution in [0.25, 0.3) is 0 Å². The highest BCUT2D eigenvalue weighted by atomic mass is 32.2. The van der Waals surface area contributed by atoms with Crippen molar-refractivity contribution in [3.05, 3.63) is 0 Å². The maximum atomic E-state index is 11.1. The third-order valence-electron chi connectivity index (χ3n) is 1.85. The van der Waals surface area contributed by atoms with Gasteiger partial charge in [0.2, 0.25) is 0 Å². The van der Waals surface area contributed by atoms with Gasteiger partial charge in [0.1, 0.15) is 5.78 Å². The van der Waals surface area contributed by atoms with Crippen molar-refractivity contribution in [3.8, 4) is 0 Å². The first-order valence-electron chi connectivity index (χ1n) is 4.16. The molecule has 0 aliphatic rings. The van der Waals surface area contributed by atoms with E-state index in [1.165, 1.54) is 6.92 Å². The minimum atomic E-state index is -0.146. The average molecular weight is 188 g/mol. The smallest absolute Gasteiger partial charge is 0.186 e.